The molecule has 1 aliphatic heterocycles. The van der Waals surface area contributed by atoms with Crippen LogP contribution in [0.1, 0.15) is 49.0 Å². The summed E-state index contributed by atoms with van der Waals surface area (Å²) < 4.78 is 13.8. The van der Waals surface area contributed by atoms with E-state index in [1.54, 1.807) is 11.8 Å². The Morgan fingerprint density at radius 3 is 2.68 bits per heavy atom. The van der Waals surface area contributed by atoms with Gasteiger partial charge in [0, 0.05) is 18.5 Å². The highest BCUT2D eigenvalue weighted by Crippen LogP contribution is 2.33. The summed E-state index contributed by atoms with van der Waals surface area (Å²) in [5, 5.41) is 3.07. The number of rotatable bonds is 4. The second-order valence-corrected chi connectivity index (χ2v) is 7.77. The first-order chi connectivity index (χ1) is 13.3. The van der Waals surface area contributed by atoms with Gasteiger partial charge in [0.25, 0.3) is 0 Å². The number of hydrogen-bond acceptors (Lipinski definition) is 2. The molecule has 1 N–H and O–H groups in total. The van der Waals surface area contributed by atoms with Crippen molar-refractivity contribution in [3.05, 3.63) is 69.0 Å². The molecule has 0 bridgehead atoms. The predicted octanol–water partition coefficient (Wildman–Crippen LogP) is 4.85. The fourth-order valence-electron chi connectivity index (χ4n) is 3.67. The van der Waals surface area contributed by atoms with E-state index in [0.717, 1.165) is 17.5 Å². The Bertz CT molecular complexity index is 919. The lowest BCUT2D eigenvalue weighted by Gasteiger charge is -2.36. The van der Waals surface area contributed by atoms with E-state index in [0.29, 0.717) is 12.1 Å². The van der Waals surface area contributed by atoms with Crippen molar-refractivity contribution in [2.45, 2.75) is 38.8 Å². The van der Waals surface area contributed by atoms with Crippen LogP contribution in [0.4, 0.5) is 4.39 Å². The number of fused-ring (bicyclic) bond motifs is 1. The lowest BCUT2D eigenvalue weighted by molar-refractivity contribution is -0.133. The Morgan fingerprint density at radius 2 is 1.96 bits per heavy atom. The molecule has 2 aromatic rings. The van der Waals surface area contributed by atoms with Crippen LogP contribution in [0.15, 0.2) is 36.4 Å². The third-order valence-corrected chi connectivity index (χ3v) is 5.70. The van der Waals surface area contributed by atoms with Gasteiger partial charge in [0.1, 0.15) is 5.82 Å². The normalized spacial score (nSPS) is 17.0. The summed E-state index contributed by atoms with van der Waals surface area (Å²) in [7, 11) is 0. The van der Waals surface area contributed by atoms with E-state index in [1.165, 1.54) is 19.1 Å². The summed E-state index contributed by atoms with van der Waals surface area (Å²) in [6.45, 7) is 3.82. The molecule has 2 amide bonds. The first-order valence-electron chi connectivity index (χ1n) is 9.06. The van der Waals surface area contributed by atoms with Gasteiger partial charge in [-0.3, -0.25) is 9.59 Å². The molecule has 3 rings (SSSR count). The molecule has 4 nitrogen and oxygen atoms in total. The highest BCUT2D eigenvalue weighted by Gasteiger charge is 2.31. The van der Waals surface area contributed by atoms with Crippen LogP contribution in [0.5, 0.6) is 0 Å². The number of nitrogens with zero attached hydrogens (tertiary/aromatic N) is 1. The van der Waals surface area contributed by atoms with Gasteiger partial charge in [0.2, 0.25) is 11.8 Å². The van der Waals surface area contributed by atoms with E-state index in [1.807, 2.05) is 24.3 Å². The molecule has 1 heterocycles. The first kappa shape index (κ1) is 20.6. The standard InChI is InChI=1S/C21H21Cl2FN2O2/c1-12(16-9-19(24)18(23)10-17(16)22)25-21(28)11-20-15-6-4-3-5-14(15)7-8-26(20)13(2)27/h3-6,9-10,12,20H,7-8,11H2,1-2H3,(H,25,28). The van der Waals surface area contributed by atoms with Crippen LogP contribution < -0.4 is 5.32 Å². The summed E-state index contributed by atoms with van der Waals surface area (Å²) in [6, 6.07) is 9.57. The number of carbonyl (C=O) groups excluding carboxylic acids is 2. The molecule has 0 saturated carbocycles. The number of amides is 2. The monoisotopic (exact) mass is 422 g/mol. The molecule has 0 saturated heterocycles. The summed E-state index contributed by atoms with van der Waals surface area (Å²) in [6.07, 6.45) is 0.887. The van der Waals surface area contributed by atoms with Crippen molar-refractivity contribution >= 4 is 35.0 Å². The maximum absolute atomic E-state index is 13.8. The molecule has 0 aromatic heterocycles. The minimum absolute atomic E-state index is 0.0665. The SMILES string of the molecule is CC(=O)N1CCc2ccccc2C1CC(=O)NC(C)c1cc(F)c(Cl)cc1Cl. The molecule has 0 fully saturated rings. The first-order valence-corrected chi connectivity index (χ1v) is 9.82. The highest BCUT2D eigenvalue weighted by molar-refractivity contribution is 6.35. The minimum Gasteiger partial charge on any atom is -0.349 e. The Balaban J connectivity index is 1.78. The zero-order valence-electron chi connectivity index (χ0n) is 15.6. The minimum atomic E-state index is -0.592. The van der Waals surface area contributed by atoms with Gasteiger partial charge >= 0.3 is 0 Å². The zero-order valence-corrected chi connectivity index (χ0v) is 17.1. The van der Waals surface area contributed by atoms with Crippen LogP contribution in [0, 0.1) is 5.82 Å². The lowest BCUT2D eigenvalue weighted by atomic mass is 9.90. The molecule has 1 aliphatic rings. The van der Waals surface area contributed by atoms with Crippen molar-refractivity contribution in [2.75, 3.05) is 6.54 Å². The zero-order chi connectivity index (χ0) is 20.4. The van der Waals surface area contributed by atoms with E-state index in [2.05, 4.69) is 5.32 Å². The topological polar surface area (TPSA) is 49.4 Å². The number of halogens is 3. The molecule has 0 spiro atoms. The fraction of sp³-hybridized carbons (Fsp3) is 0.333. The summed E-state index contributed by atoms with van der Waals surface area (Å²) >= 11 is 11.9. The van der Waals surface area contributed by atoms with Crippen molar-refractivity contribution in [2.24, 2.45) is 0 Å². The van der Waals surface area contributed by atoms with E-state index < -0.39 is 11.9 Å². The van der Waals surface area contributed by atoms with E-state index >= 15 is 0 Å². The predicted molar refractivity (Wildman–Crippen MR) is 108 cm³/mol. The number of carbonyl (C=O) groups is 2. The Labute approximate surface area is 173 Å². The molecular weight excluding hydrogens is 402 g/mol. The maximum Gasteiger partial charge on any atom is 0.222 e. The van der Waals surface area contributed by atoms with E-state index in [9.17, 15) is 14.0 Å². The van der Waals surface area contributed by atoms with Crippen LogP contribution in [-0.2, 0) is 16.0 Å². The average Bonchev–Trinajstić information content (AvgIpc) is 2.64. The molecule has 2 aromatic carbocycles. The largest absolute Gasteiger partial charge is 0.349 e. The summed E-state index contributed by atoms with van der Waals surface area (Å²) in [4.78, 5) is 26.5. The average molecular weight is 423 g/mol. The molecule has 0 radical (unpaired) electrons. The van der Waals surface area contributed by atoms with Crippen molar-refractivity contribution in [3.63, 3.8) is 0 Å². The van der Waals surface area contributed by atoms with Gasteiger partial charge in [-0.1, -0.05) is 47.5 Å². The van der Waals surface area contributed by atoms with Crippen LogP contribution >= 0.6 is 23.2 Å². The maximum atomic E-state index is 13.8. The number of benzene rings is 2. The van der Waals surface area contributed by atoms with Gasteiger partial charge in [-0.05, 0) is 42.2 Å². The van der Waals surface area contributed by atoms with Gasteiger partial charge in [-0.15, -0.1) is 0 Å². The quantitative estimate of drug-likeness (QED) is 0.716. The van der Waals surface area contributed by atoms with Gasteiger partial charge in [0.05, 0.1) is 23.5 Å². The van der Waals surface area contributed by atoms with E-state index in [-0.39, 0.29) is 34.3 Å². The summed E-state index contributed by atoms with van der Waals surface area (Å²) in [5.41, 5.74) is 2.58. The van der Waals surface area contributed by atoms with Crippen LogP contribution in [-0.4, -0.2) is 23.3 Å². The Morgan fingerprint density at radius 1 is 1.25 bits per heavy atom. The fourth-order valence-corrected chi connectivity index (χ4v) is 4.22. The number of hydrogen-bond donors (Lipinski definition) is 1. The number of nitrogens with one attached hydrogen (secondary N) is 1. The lowest BCUT2D eigenvalue weighted by Crippen LogP contribution is -2.41. The molecule has 2 unspecified atom stereocenters. The van der Waals surface area contributed by atoms with Crippen LogP contribution in [0.3, 0.4) is 0 Å². The van der Waals surface area contributed by atoms with Gasteiger partial charge in [-0.25, -0.2) is 4.39 Å². The third kappa shape index (κ3) is 4.31. The second-order valence-electron chi connectivity index (χ2n) is 6.96. The van der Waals surface area contributed by atoms with Crippen molar-refractivity contribution in [1.82, 2.24) is 10.2 Å². The van der Waals surface area contributed by atoms with Crippen LogP contribution in [0.2, 0.25) is 10.0 Å². The van der Waals surface area contributed by atoms with Crippen molar-refractivity contribution < 1.29 is 14.0 Å². The molecule has 7 heteroatoms. The molecule has 148 valence electrons. The Kier molecular flexibility index (Phi) is 6.26. The smallest absolute Gasteiger partial charge is 0.222 e. The summed E-state index contributed by atoms with van der Waals surface area (Å²) in [5.74, 6) is -0.902. The molecular formula is C21H21Cl2FN2O2. The molecule has 2 atom stereocenters. The molecule has 28 heavy (non-hydrogen) atoms. The van der Waals surface area contributed by atoms with Gasteiger partial charge < -0.3 is 10.2 Å². The Hall–Kier alpha value is -2.11. The van der Waals surface area contributed by atoms with Gasteiger partial charge in [-0.2, -0.15) is 0 Å². The third-order valence-electron chi connectivity index (χ3n) is 5.08. The van der Waals surface area contributed by atoms with Crippen molar-refractivity contribution in [3.8, 4) is 0 Å². The van der Waals surface area contributed by atoms with E-state index in [4.69, 9.17) is 23.2 Å². The molecule has 0 aliphatic carbocycles. The van der Waals surface area contributed by atoms with Gasteiger partial charge in [0.15, 0.2) is 0 Å². The highest BCUT2D eigenvalue weighted by atomic mass is 35.5. The van der Waals surface area contributed by atoms with Crippen LogP contribution in [0.25, 0.3) is 0 Å². The second kappa shape index (κ2) is 8.50. The van der Waals surface area contributed by atoms with Crippen molar-refractivity contribution in [1.29, 1.82) is 0 Å².